The minimum atomic E-state index is -0.706. The van der Waals surface area contributed by atoms with Crippen molar-refractivity contribution in [3.05, 3.63) is 53.6 Å². The molecule has 1 atom stereocenters. The zero-order valence-electron chi connectivity index (χ0n) is 17.2. The highest BCUT2D eigenvalue weighted by Crippen LogP contribution is 2.27. The second kappa shape index (κ2) is 10.7. The van der Waals surface area contributed by atoms with E-state index in [1.54, 1.807) is 57.5 Å². The van der Waals surface area contributed by atoms with E-state index in [1.165, 1.54) is 0 Å². The van der Waals surface area contributed by atoms with Crippen LogP contribution in [0.25, 0.3) is 0 Å². The van der Waals surface area contributed by atoms with Gasteiger partial charge in [0.25, 0.3) is 0 Å². The summed E-state index contributed by atoms with van der Waals surface area (Å²) >= 11 is 0. The van der Waals surface area contributed by atoms with Crippen molar-refractivity contribution in [2.75, 3.05) is 26.1 Å². The van der Waals surface area contributed by atoms with Crippen LogP contribution in [0.1, 0.15) is 18.1 Å². The van der Waals surface area contributed by atoms with Crippen LogP contribution in [-0.2, 0) is 16.1 Å². The molecule has 0 aromatic heterocycles. The van der Waals surface area contributed by atoms with Gasteiger partial charge in [-0.25, -0.2) is 0 Å². The van der Waals surface area contributed by atoms with Gasteiger partial charge in [-0.3, -0.25) is 15.0 Å². The number of nitrogen functional groups attached to an aromatic ring is 1. The van der Waals surface area contributed by atoms with Crippen LogP contribution in [-0.4, -0.2) is 44.5 Å². The number of benzene rings is 2. The summed E-state index contributed by atoms with van der Waals surface area (Å²) in [6, 6.07) is 11.5. The summed E-state index contributed by atoms with van der Waals surface area (Å²) in [5, 5.41) is 15.8. The number of amidine groups is 1. The number of rotatable bonds is 10. The quantitative estimate of drug-likeness (QED) is 0.293. The number of anilines is 1. The van der Waals surface area contributed by atoms with E-state index in [9.17, 15) is 9.59 Å². The average molecular weight is 413 g/mol. The van der Waals surface area contributed by atoms with Gasteiger partial charge in [-0.2, -0.15) is 0 Å². The molecule has 0 bridgehead atoms. The Kier molecular flexibility index (Phi) is 8.04. The second-order valence-electron chi connectivity index (χ2n) is 6.54. The molecule has 2 aromatic rings. The SMILES string of the molecule is COc1ccc(CNC(=O)C(C)NC(=O)CNc2cccc(C(=N)N)c2)cc1OC. The standard InChI is InChI=1S/C21H27N5O4/c1-13(21(28)25-11-14-7-8-17(29-2)18(9-14)30-3)26-19(27)12-24-16-6-4-5-15(10-16)20(22)23/h4-10,13,24H,11-12H2,1-3H3,(H3,22,23)(H,25,28)(H,26,27). The first-order valence-electron chi connectivity index (χ1n) is 9.30. The molecular weight excluding hydrogens is 386 g/mol. The van der Waals surface area contributed by atoms with Crippen LogP contribution in [0, 0.1) is 5.41 Å². The number of carbonyl (C=O) groups excluding carboxylic acids is 2. The molecule has 9 nitrogen and oxygen atoms in total. The highest BCUT2D eigenvalue weighted by molar-refractivity contribution is 5.96. The van der Waals surface area contributed by atoms with Crippen molar-refractivity contribution in [2.45, 2.75) is 19.5 Å². The maximum absolute atomic E-state index is 12.3. The van der Waals surface area contributed by atoms with Crippen molar-refractivity contribution >= 4 is 23.3 Å². The van der Waals surface area contributed by atoms with Gasteiger partial charge in [0.15, 0.2) is 11.5 Å². The van der Waals surface area contributed by atoms with Crippen LogP contribution >= 0.6 is 0 Å². The molecule has 2 amide bonds. The Hall–Kier alpha value is -3.75. The highest BCUT2D eigenvalue weighted by atomic mass is 16.5. The molecular formula is C21H27N5O4. The van der Waals surface area contributed by atoms with Crippen molar-refractivity contribution in [2.24, 2.45) is 5.73 Å². The fourth-order valence-corrected chi connectivity index (χ4v) is 2.67. The largest absolute Gasteiger partial charge is 0.493 e. The molecule has 0 saturated carbocycles. The molecule has 6 N–H and O–H groups in total. The Morgan fingerprint density at radius 3 is 2.50 bits per heavy atom. The van der Waals surface area contributed by atoms with E-state index in [4.69, 9.17) is 20.6 Å². The van der Waals surface area contributed by atoms with Gasteiger partial charge in [0, 0.05) is 17.8 Å². The molecule has 0 aliphatic rings. The lowest BCUT2D eigenvalue weighted by molar-refractivity contribution is -0.127. The summed E-state index contributed by atoms with van der Waals surface area (Å²) in [7, 11) is 3.10. The van der Waals surface area contributed by atoms with E-state index in [0.717, 1.165) is 5.56 Å². The lowest BCUT2D eigenvalue weighted by atomic mass is 10.2. The van der Waals surface area contributed by atoms with Gasteiger partial charge in [-0.05, 0) is 36.8 Å². The number of carbonyl (C=O) groups is 2. The van der Waals surface area contributed by atoms with E-state index in [0.29, 0.717) is 22.7 Å². The molecule has 1 unspecified atom stereocenters. The predicted octanol–water partition coefficient (Wildman–Crippen LogP) is 1.22. The van der Waals surface area contributed by atoms with Gasteiger partial charge in [0.2, 0.25) is 11.8 Å². The van der Waals surface area contributed by atoms with E-state index in [1.807, 2.05) is 6.07 Å². The highest BCUT2D eigenvalue weighted by Gasteiger charge is 2.15. The molecule has 0 heterocycles. The van der Waals surface area contributed by atoms with Crippen molar-refractivity contribution in [1.82, 2.24) is 10.6 Å². The summed E-state index contributed by atoms with van der Waals surface area (Å²) in [5.74, 6) is 0.483. The first kappa shape index (κ1) is 22.5. The van der Waals surface area contributed by atoms with Crippen molar-refractivity contribution in [3.8, 4) is 11.5 Å². The third-order valence-electron chi connectivity index (χ3n) is 4.31. The third kappa shape index (κ3) is 6.40. The number of nitrogens with one attached hydrogen (secondary N) is 4. The molecule has 0 saturated heterocycles. The van der Waals surface area contributed by atoms with Crippen LogP contribution in [0.5, 0.6) is 11.5 Å². The summed E-state index contributed by atoms with van der Waals surface area (Å²) in [6.07, 6.45) is 0. The monoisotopic (exact) mass is 413 g/mol. The number of ether oxygens (including phenoxy) is 2. The molecule has 0 fully saturated rings. The number of hydrogen-bond acceptors (Lipinski definition) is 6. The maximum atomic E-state index is 12.3. The van der Waals surface area contributed by atoms with Crippen LogP contribution in [0.3, 0.4) is 0 Å². The van der Waals surface area contributed by atoms with Gasteiger partial charge in [-0.1, -0.05) is 18.2 Å². The van der Waals surface area contributed by atoms with Gasteiger partial charge in [0.05, 0.1) is 20.8 Å². The molecule has 30 heavy (non-hydrogen) atoms. The van der Waals surface area contributed by atoms with Crippen molar-refractivity contribution in [3.63, 3.8) is 0 Å². The average Bonchev–Trinajstić information content (AvgIpc) is 2.75. The number of methoxy groups -OCH3 is 2. The number of hydrogen-bond donors (Lipinski definition) is 5. The predicted molar refractivity (Wildman–Crippen MR) is 115 cm³/mol. The summed E-state index contributed by atoms with van der Waals surface area (Å²) in [4.78, 5) is 24.4. The summed E-state index contributed by atoms with van der Waals surface area (Å²) in [5.41, 5.74) is 7.51. The van der Waals surface area contributed by atoms with Crippen LogP contribution in [0.4, 0.5) is 5.69 Å². The minimum Gasteiger partial charge on any atom is -0.493 e. The van der Waals surface area contributed by atoms with Gasteiger partial charge in [0.1, 0.15) is 11.9 Å². The van der Waals surface area contributed by atoms with Crippen LogP contribution in [0.15, 0.2) is 42.5 Å². The molecule has 160 valence electrons. The normalized spacial score (nSPS) is 11.2. The smallest absolute Gasteiger partial charge is 0.242 e. The molecule has 2 rings (SSSR count). The van der Waals surface area contributed by atoms with E-state index in [2.05, 4.69) is 16.0 Å². The Bertz CT molecular complexity index is 916. The summed E-state index contributed by atoms with van der Waals surface area (Å²) < 4.78 is 10.4. The molecule has 2 aromatic carbocycles. The lowest BCUT2D eigenvalue weighted by Crippen LogP contribution is -2.46. The van der Waals surface area contributed by atoms with E-state index >= 15 is 0 Å². The topological polar surface area (TPSA) is 139 Å². The Labute approximate surface area is 175 Å². The van der Waals surface area contributed by atoms with Crippen molar-refractivity contribution < 1.29 is 19.1 Å². The fraction of sp³-hybridized carbons (Fsp3) is 0.286. The first-order valence-corrected chi connectivity index (χ1v) is 9.30. The van der Waals surface area contributed by atoms with Crippen molar-refractivity contribution in [1.29, 1.82) is 5.41 Å². The summed E-state index contributed by atoms with van der Waals surface area (Å²) in [6.45, 7) is 1.88. The zero-order valence-corrected chi connectivity index (χ0v) is 17.2. The zero-order chi connectivity index (χ0) is 22.1. The number of amides is 2. The Morgan fingerprint density at radius 2 is 1.83 bits per heavy atom. The Balaban J connectivity index is 1.81. The molecule has 0 aliphatic heterocycles. The van der Waals surface area contributed by atoms with Crippen LogP contribution < -0.4 is 31.2 Å². The van der Waals surface area contributed by atoms with Gasteiger partial charge >= 0.3 is 0 Å². The molecule has 9 heteroatoms. The lowest BCUT2D eigenvalue weighted by Gasteiger charge is -2.15. The molecule has 0 spiro atoms. The van der Waals surface area contributed by atoms with Crippen LogP contribution in [0.2, 0.25) is 0 Å². The fourth-order valence-electron chi connectivity index (χ4n) is 2.67. The van der Waals surface area contributed by atoms with Gasteiger partial charge in [-0.15, -0.1) is 0 Å². The van der Waals surface area contributed by atoms with E-state index in [-0.39, 0.29) is 30.7 Å². The Morgan fingerprint density at radius 1 is 1.10 bits per heavy atom. The minimum absolute atomic E-state index is 0.0192. The number of nitrogens with two attached hydrogens (primary N) is 1. The third-order valence-corrected chi connectivity index (χ3v) is 4.31. The second-order valence-corrected chi connectivity index (χ2v) is 6.54. The van der Waals surface area contributed by atoms with Gasteiger partial charge < -0.3 is 31.2 Å². The molecule has 0 radical (unpaired) electrons. The molecule has 0 aliphatic carbocycles. The first-order chi connectivity index (χ1) is 14.3. The maximum Gasteiger partial charge on any atom is 0.242 e. The van der Waals surface area contributed by atoms with E-state index < -0.39 is 6.04 Å².